The molecule has 0 amide bonds. The van der Waals surface area contributed by atoms with Crippen LogP contribution in [0, 0.1) is 0 Å². The Morgan fingerprint density at radius 2 is 1.70 bits per heavy atom. The zero-order chi connectivity index (χ0) is 8.20. The van der Waals surface area contributed by atoms with Gasteiger partial charge in [-0.25, -0.2) is 0 Å². The topological polar surface area (TPSA) is 3.24 Å². The predicted molar refractivity (Wildman–Crippen MR) is 52.9 cm³/mol. The summed E-state index contributed by atoms with van der Waals surface area (Å²) in [5.41, 5.74) is 0. The van der Waals surface area contributed by atoms with E-state index < -0.39 is 10.2 Å². The van der Waals surface area contributed by atoms with E-state index in [-0.39, 0.29) is 0 Å². The maximum atomic E-state index is 2.38. The van der Waals surface area contributed by atoms with Gasteiger partial charge in [0, 0.05) is 0 Å². The molecule has 0 bridgehead atoms. The van der Waals surface area contributed by atoms with E-state index in [1.807, 2.05) is 0 Å². The maximum Gasteiger partial charge on any atom is -0.00439 e. The summed E-state index contributed by atoms with van der Waals surface area (Å²) < 4.78 is 2.38. The van der Waals surface area contributed by atoms with Gasteiger partial charge in [0.05, 0.1) is 0 Å². The molecule has 0 aromatic heterocycles. The minimum atomic E-state index is -0.427. The van der Waals surface area contributed by atoms with Crippen LogP contribution in [0.25, 0.3) is 0 Å². The van der Waals surface area contributed by atoms with Gasteiger partial charge in [-0.05, 0) is 38.8 Å². The molecule has 0 N–H and O–H groups in total. The fourth-order valence-electron chi connectivity index (χ4n) is 0.680. The fraction of sp³-hybridized carbons (Fsp3) is 1.00. The molecule has 0 radical (unpaired) electrons. The van der Waals surface area contributed by atoms with Crippen molar-refractivity contribution in [2.45, 2.75) is 19.8 Å². The number of hydrogen-bond acceptors (Lipinski definition) is 1. The van der Waals surface area contributed by atoms with Crippen molar-refractivity contribution in [1.29, 1.82) is 0 Å². The first-order valence-electron chi connectivity index (χ1n) is 3.89. The number of rotatable bonds is 4. The Labute approximate surface area is 67.2 Å². The standard InChI is InChI=1S/C8H21NS/c1-6-7-8-10(4,5)9(2)3/h6-8H2,1-5H3. The van der Waals surface area contributed by atoms with Gasteiger partial charge in [0.25, 0.3) is 0 Å². The molecule has 0 saturated carbocycles. The SMILES string of the molecule is CCCCS(C)(C)N(C)C. The van der Waals surface area contributed by atoms with Crippen LogP contribution >= 0.6 is 10.2 Å². The average molecular weight is 163 g/mol. The van der Waals surface area contributed by atoms with E-state index in [0.717, 1.165) is 0 Å². The minimum Gasteiger partial charge on any atom is -0.274 e. The summed E-state index contributed by atoms with van der Waals surface area (Å²) in [6, 6.07) is 0. The van der Waals surface area contributed by atoms with Gasteiger partial charge in [0.15, 0.2) is 0 Å². The third-order valence-electron chi connectivity index (χ3n) is 1.99. The van der Waals surface area contributed by atoms with Gasteiger partial charge in [0.2, 0.25) is 0 Å². The van der Waals surface area contributed by atoms with Crippen LogP contribution < -0.4 is 0 Å². The van der Waals surface area contributed by atoms with E-state index >= 15 is 0 Å². The lowest BCUT2D eigenvalue weighted by atomic mass is 10.4. The lowest BCUT2D eigenvalue weighted by Crippen LogP contribution is -2.19. The van der Waals surface area contributed by atoms with Crippen LogP contribution in [0.15, 0.2) is 0 Å². The van der Waals surface area contributed by atoms with Crippen molar-refractivity contribution in [2.24, 2.45) is 0 Å². The van der Waals surface area contributed by atoms with Gasteiger partial charge in [-0.2, -0.15) is 10.2 Å². The third kappa shape index (κ3) is 3.47. The second-order valence-electron chi connectivity index (χ2n) is 3.35. The lowest BCUT2D eigenvalue weighted by Gasteiger charge is -2.38. The zero-order valence-corrected chi connectivity index (χ0v) is 8.79. The van der Waals surface area contributed by atoms with Crippen molar-refractivity contribution in [2.75, 3.05) is 32.4 Å². The molecule has 0 unspecified atom stereocenters. The molecular formula is C8H21NS. The maximum absolute atomic E-state index is 2.38. The molecule has 0 aliphatic rings. The largest absolute Gasteiger partial charge is 0.274 e. The fourth-order valence-corrected chi connectivity index (χ4v) is 2.04. The molecule has 0 saturated heterocycles. The molecule has 1 nitrogen and oxygen atoms in total. The average Bonchev–Trinajstić information content (AvgIpc) is 1.84. The van der Waals surface area contributed by atoms with Gasteiger partial charge in [0.1, 0.15) is 0 Å². The molecule has 0 aliphatic heterocycles. The summed E-state index contributed by atoms with van der Waals surface area (Å²) in [6.45, 7) is 2.26. The summed E-state index contributed by atoms with van der Waals surface area (Å²) in [7, 11) is 3.94. The van der Waals surface area contributed by atoms with Gasteiger partial charge >= 0.3 is 0 Å². The summed E-state index contributed by atoms with van der Waals surface area (Å²) >= 11 is 0. The van der Waals surface area contributed by atoms with Gasteiger partial charge in [-0.1, -0.05) is 13.3 Å². The molecular weight excluding hydrogens is 142 g/mol. The minimum absolute atomic E-state index is 0.427. The number of hydrogen-bond donors (Lipinski definition) is 0. The number of nitrogens with zero attached hydrogens (tertiary/aromatic N) is 1. The molecule has 0 aliphatic carbocycles. The highest BCUT2D eigenvalue weighted by Gasteiger charge is 2.12. The van der Waals surface area contributed by atoms with Gasteiger partial charge in [-0.15, -0.1) is 0 Å². The van der Waals surface area contributed by atoms with Crippen molar-refractivity contribution < 1.29 is 0 Å². The first-order chi connectivity index (χ1) is 4.50. The third-order valence-corrected chi connectivity index (χ3v) is 5.25. The number of unbranched alkanes of at least 4 members (excludes halogenated alkanes) is 1. The Kier molecular flexibility index (Phi) is 4.37. The molecule has 0 aromatic rings. The second-order valence-corrected chi connectivity index (χ2v) is 7.45. The molecule has 64 valence electrons. The summed E-state index contributed by atoms with van der Waals surface area (Å²) in [5.74, 6) is 1.39. The lowest BCUT2D eigenvalue weighted by molar-refractivity contribution is 0.678. The van der Waals surface area contributed by atoms with E-state index in [4.69, 9.17) is 0 Å². The molecule has 10 heavy (non-hydrogen) atoms. The molecule has 0 aromatic carbocycles. The van der Waals surface area contributed by atoms with Gasteiger partial charge in [-0.3, -0.25) is 4.31 Å². The molecule has 0 heterocycles. The first-order valence-corrected chi connectivity index (χ1v) is 6.46. The molecule has 0 rings (SSSR count). The molecule has 0 fully saturated rings. The highest BCUT2D eigenvalue weighted by atomic mass is 32.3. The Bertz CT molecular complexity index is 89.3. The van der Waals surface area contributed by atoms with Crippen molar-refractivity contribution in [3.05, 3.63) is 0 Å². The van der Waals surface area contributed by atoms with Crippen molar-refractivity contribution in [3.8, 4) is 0 Å². The quantitative estimate of drug-likeness (QED) is 0.615. The first kappa shape index (κ1) is 10.3. The molecule has 0 spiro atoms. The van der Waals surface area contributed by atoms with Gasteiger partial charge < -0.3 is 0 Å². The Morgan fingerprint density at radius 3 is 2.00 bits per heavy atom. The summed E-state index contributed by atoms with van der Waals surface area (Å²) in [4.78, 5) is 0. The van der Waals surface area contributed by atoms with Crippen LogP contribution in [0.5, 0.6) is 0 Å². The molecule has 2 heteroatoms. The Morgan fingerprint density at radius 1 is 1.20 bits per heavy atom. The van der Waals surface area contributed by atoms with E-state index in [9.17, 15) is 0 Å². The molecule has 0 atom stereocenters. The van der Waals surface area contributed by atoms with Crippen molar-refractivity contribution in [3.63, 3.8) is 0 Å². The van der Waals surface area contributed by atoms with Crippen LogP contribution in [-0.2, 0) is 0 Å². The van der Waals surface area contributed by atoms with Crippen molar-refractivity contribution in [1.82, 2.24) is 4.31 Å². The summed E-state index contributed by atoms with van der Waals surface area (Å²) in [6.07, 6.45) is 7.45. The summed E-state index contributed by atoms with van der Waals surface area (Å²) in [5, 5.41) is 0. The van der Waals surface area contributed by atoms with E-state index in [1.54, 1.807) is 0 Å². The highest BCUT2D eigenvalue weighted by Crippen LogP contribution is 2.42. The predicted octanol–water partition coefficient (Wildman–Crippen LogP) is 2.33. The van der Waals surface area contributed by atoms with Crippen LogP contribution in [0.3, 0.4) is 0 Å². The van der Waals surface area contributed by atoms with Crippen LogP contribution in [0.4, 0.5) is 0 Å². The Balaban J connectivity index is 3.63. The van der Waals surface area contributed by atoms with Crippen LogP contribution in [0.2, 0.25) is 0 Å². The monoisotopic (exact) mass is 163 g/mol. The smallest absolute Gasteiger partial charge is 0.00439 e. The second kappa shape index (κ2) is 4.24. The zero-order valence-electron chi connectivity index (χ0n) is 7.98. The Hall–Kier alpha value is 0.310. The van der Waals surface area contributed by atoms with Crippen LogP contribution in [-0.4, -0.2) is 36.7 Å². The normalized spacial score (nSPS) is 14.2. The van der Waals surface area contributed by atoms with E-state index in [1.165, 1.54) is 18.6 Å². The van der Waals surface area contributed by atoms with E-state index in [2.05, 4.69) is 37.8 Å². The van der Waals surface area contributed by atoms with E-state index in [0.29, 0.717) is 0 Å². The highest BCUT2D eigenvalue weighted by molar-refractivity contribution is 8.30. The van der Waals surface area contributed by atoms with Crippen LogP contribution in [0.1, 0.15) is 19.8 Å². The van der Waals surface area contributed by atoms with Crippen molar-refractivity contribution >= 4 is 10.2 Å².